The van der Waals surface area contributed by atoms with E-state index in [4.69, 9.17) is 9.47 Å². The van der Waals surface area contributed by atoms with E-state index in [9.17, 15) is 5.11 Å². The minimum Gasteiger partial charge on any atom is -0.388 e. The van der Waals surface area contributed by atoms with Crippen molar-refractivity contribution in [2.45, 2.75) is 43.9 Å². The molecule has 0 saturated carbocycles. The van der Waals surface area contributed by atoms with E-state index in [-0.39, 0.29) is 0 Å². The quantitative estimate of drug-likeness (QED) is 0.875. The Kier molecular flexibility index (Phi) is 5.47. The highest BCUT2D eigenvalue weighted by Gasteiger charge is 2.33. The first kappa shape index (κ1) is 15.9. The summed E-state index contributed by atoms with van der Waals surface area (Å²) < 4.78 is 11.2. The summed E-state index contributed by atoms with van der Waals surface area (Å²) in [7, 11) is 0. The second kappa shape index (κ2) is 7.55. The van der Waals surface area contributed by atoms with E-state index in [0.717, 1.165) is 45.4 Å². The largest absolute Gasteiger partial charge is 0.388 e. The first-order valence-corrected chi connectivity index (χ1v) is 8.42. The zero-order valence-electron chi connectivity index (χ0n) is 13.2. The van der Waals surface area contributed by atoms with Crippen molar-refractivity contribution in [3.05, 3.63) is 35.9 Å². The molecule has 0 radical (unpaired) electrons. The van der Waals surface area contributed by atoms with Crippen LogP contribution in [0.3, 0.4) is 0 Å². The van der Waals surface area contributed by atoms with Crippen molar-refractivity contribution in [3.8, 4) is 0 Å². The topological polar surface area (TPSA) is 41.9 Å². The second-order valence-electron chi connectivity index (χ2n) is 6.63. The van der Waals surface area contributed by atoms with Gasteiger partial charge in [-0.2, -0.15) is 0 Å². The Bertz CT molecular complexity index is 439. The molecule has 122 valence electrons. The van der Waals surface area contributed by atoms with Crippen molar-refractivity contribution >= 4 is 0 Å². The highest BCUT2D eigenvalue weighted by molar-refractivity contribution is 5.14. The molecule has 1 unspecified atom stereocenters. The molecule has 22 heavy (non-hydrogen) atoms. The number of benzene rings is 1. The first-order valence-electron chi connectivity index (χ1n) is 8.42. The van der Waals surface area contributed by atoms with E-state index in [1.54, 1.807) is 0 Å². The molecule has 2 fully saturated rings. The van der Waals surface area contributed by atoms with Gasteiger partial charge in [-0.05, 0) is 18.4 Å². The molecule has 4 nitrogen and oxygen atoms in total. The minimum absolute atomic E-state index is 0.312. The van der Waals surface area contributed by atoms with Gasteiger partial charge in [0.1, 0.15) is 0 Å². The van der Waals surface area contributed by atoms with Gasteiger partial charge in [0.25, 0.3) is 0 Å². The number of aliphatic hydroxyl groups is 1. The lowest BCUT2D eigenvalue weighted by Crippen LogP contribution is -2.48. The summed E-state index contributed by atoms with van der Waals surface area (Å²) in [6.45, 7) is 4.67. The summed E-state index contributed by atoms with van der Waals surface area (Å²) in [5, 5.41) is 10.8. The third-order valence-electron chi connectivity index (χ3n) is 4.68. The molecular formula is C18H27NO3. The van der Waals surface area contributed by atoms with Crippen LogP contribution in [0.15, 0.2) is 30.3 Å². The first-order chi connectivity index (χ1) is 10.7. The van der Waals surface area contributed by atoms with Crippen molar-refractivity contribution in [2.24, 2.45) is 0 Å². The molecule has 0 spiro atoms. The van der Waals surface area contributed by atoms with Gasteiger partial charge in [0.15, 0.2) is 0 Å². The molecule has 2 aliphatic rings. The molecule has 2 saturated heterocycles. The second-order valence-corrected chi connectivity index (χ2v) is 6.63. The van der Waals surface area contributed by atoms with E-state index < -0.39 is 5.60 Å². The average molecular weight is 305 g/mol. The van der Waals surface area contributed by atoms with Crippen LogP contribution in [0.5, 0.6) is 0 Å². The fourth-order valence-corrected chi connectivity index (χ4v) is 3.43. The van der Waals surface area contributed by atoms with E-state index in [2.05, 4.69) is 29.2 Å². The van der Waals surface area contributed by atoms with E-state index >= 15 is 0 Å². The summed E-state index contributed by atoms with van der Waals surface area (Å²) in [4.78, 5) is 2.36. The van der Waals surface area contributed by atoms with Crippen molar-refractivity contribution in [2.75, 3.05) is 32.9 Å². The highest BCUT2D eigenvalue weighted by atomic mass is 16.5. The maximum atomic E-state index is 10.8. The monoisotopic (exact) mass is 305 g/mol. The molecule has 2 heterocycles. The highest BCUT2D eigenvalue weighted by Crippen LogP contribution is 2.24. The summed E-state index contributed by atoms with van der Waals surface area (Å²) >= 11 is 0. The van der Waals surface area contributed by atoms with Gasteiger partial charge in [0, 0.05) is 52.3 Å². The fraction of sp³-hybridized carbons (Fsp3) is 0.667. The fourth-order valence-electron chi connectivity index (χ4n) is 3.43. The number of hydrogen-bond donors (Lipinski definition) is 1. The standard InChI is InChI=1S/C18H27NO3/c20-18(8-11-21-12-9-18)15-19(14-17-7-4-10-22-17)13-16-5-2-1-3-6-16/h1-3,5-6,17,20H,4,7-15H2. The van der Waals surface area contributed by atoms with Crippen molar-refractivity contribution in [1.82, 2.24) is 4.90 Å². The molecule has 1 aromatic carbocycles. The van der Waals surface area contributed by atoms with Gasteiger partial charge in [-0.1, -0.05) is 30.3 Å². The van der Waals surface area contributed by atoms with Crippen LogP contribution in [-0.4, -0.2) is 54.6 Å². The van der Waals surface area contributed by atoms with Gasteiger partial charge in [-0.3, -0.25) is 4.90 Å². The Morgan fingerprint density at radius 2 is 1.91 bits per heavy atom. The lowest BCUT2D eigenvalue weighted by Gasteiger charge is -2.37. The summed E-state index contributed by atoms with van der Waals surface area (Å²) in [6.07, 6.45) is 4.05. The lowest BCUT2D eigenvalue weighted by molar-refractivity contribution is -0.0852. The Labute approximate surface area is 133 Å². The Morgan fingerprint density at radius 3 is 2.59 bits per heavy atom. The number of ether oxygens (including phenoxy) is 2. The number of hydrogen-bond acceptors (Lipinski definition) is 4. The van der Waals surface area contributed by atoms with Gasteiger partial charge in [0.2, 0.25) is 0 Å². The molecule has 4 heteroatoms. The summed E-state index contributed by atoms with van der Waals surface area (Å²) in [5.74, 6) is 0. The molecule has 0 bridgehead atoms. The molecular weight excluding hydrogens is 278 g/mol. The van der Waals surface area contributed by atoms with Crippen LogP contribution in [0, 0.1) is 0 Å². The summed E-state index contributed by atoms with van der Waals surface area (Å²) in [6, 6.07) is 10.5. The van der Waals surface area contributed by atoms with Crippen molar-refractivity contribution in [3.63, 3.8) is 0 Å². The van der Waals surface area contributed by atoms with E-state index in [1.165, 1.54) is 5.56 Å². The van der Waals surface area contributed by atoms with E-state index in [1.807, 2.05) is 6.07 Å². The number of nitrogens with zero attached hydrogens (tertiary/aromatic N) is 1. The molecule has 2 aliphatic heterocycles. The van der Waals surface area contributed by atoms with Gasteiger partial charge >= 0.3 is 0 Å². The Hall–Kier alpha value is -0.940. The van der Waals surface area contributed by atoms with Gasteiger partial charge in [-0.15, -0.1) is 0 Å². The van der Waals surface area contributed by atoms with Crippen LogP contribution < -0.4 is 0 Å². The summed E-state index contributed by atoms with van der Waals surface area (Å²) in [5.41, 5.74) is 0.669. The lowest BCUT2D eigenvalue weighted by atomic mass is 9.93. The molecule has 1 N–H and O–H groups in total. The van der Waals surface area contributed by atoms with Crippen LogP contribution in [-0.2, 0) is 16.0 Å². The molecule has 0 amide bonds. The minimum atomic E-state index is -0.619. The van der Waals surface area contributed by atoms with Crippen LogP contribution in [0.2, 0.25) is 0 Å². The van der Waals surface area contributed by atoms with Gasteiger partial charge < -0.3 is 14.6 Å². The molecule has 0 aliphatic carbocycles. The Balaban J connectivity index is 1.64. The predicted molar refractivity (Wildman–Crippen MR) is 85.7 cm³/mol. The van der Waals surface area contributed by atoms with Crippen LogP contribution in [0.1, 0.15) is 31.2 Å². The van der Waals surface area contributed by atoms with Crippen molar-refractivity contribution in [1.29, 1.82) is 0 Å². The molecule has 1 aromatic rings. The van der Waals surface area contributed by atoms with Crippen LogP contribution >= 0.6 is 0 Å². The smallest absolute Gasteiger partial charge is 0.0818 e. The molecule has 1 atom stereocenters. The maximum absolute atomic E-state index is 10.8. The zero-order chi connectivity index (χ0) is 15.3. The van der Waals surface area contributed by atoms with Crippen molar-refractivity contribution < 1.29 is 14.6 Å². The van der Waals surface area contributed by atoms with Gasteiger partial charge in [-0.25, -0.2) is 0 Å². The zero-order valence-corrected chi connectivity index (χ0v) is 13.2. The number of rotatable bonds is 6. The maximum Gasteiger partial charge on any atom is 0.0818 e. The van der Waals surface area contributed by atoms with Crippen LogP contribution in [0.4, 0.5) is 0 Å². The average Bonchev–Trinajstić information content (AvgIpc) is 3.01. The normalized spacial score (nSPS) is 24.7. The molecule has 0 aromatic heterocycles. The molecule has 3 rings (SSSR count). The van der Waals surface area contributed by atoms with Gasteiger partial charge in [0.05, 0.1) is 11.7 Å². The van der Waals surface area contributed by atoms with Crippen LogP contribution in [0.25, 0.3) is 0 Å². The SMILES string of the molecule is OC1(CN(Cc2ccccc2)CC2CCCO2)CCOCC1. The third-order valence-corrected chi connectivity index (χ3v) is 4.68. The predicted octanol–water partition coefficient (Wildman–Crippen LogP) is 2.21. The van der Waals surface area contributed by atoms with E-state index in [0.29, 0.717) is 25.9 Å². The third kappa shape index (κ3) is 4.53. The Morgan fingerprint density at radius 1 is 1.14 bits per heavy atom.